The van der Waals surface area contributed by atoms with Gasteiger partial charge in [-0.1, -0.05) is 18.2 Å². The molecule has 2 aromatic carbocycles. The predicted octanol–water partition coefficient (Wildman–Crippen LogP) is 3.14. The van der Waals surface area contributed by atoms with Gasteiger partial charge in [-0.3, -0.25) is 5.41 Å². The van der Waals surface area contributed by atoms with Gasteiger partial charge in [0.1, 0.15) is 17.3 Å². The molecule has 104 valence electrons. The summed E-state index contributed by atoms with van der Waals surface area (Å²) in [5, 5.41) is 7.64. The Morgan fingerprint density at radius 3 is 2.50 bits per heavy atom. The summed E-state index contributed by atoms with van der Waals surface area (Å²) in [6.45, 7) is 1.94. The Morgan fingerprint density at radius 1 is 1.15 bits per heavy atom. The van der Waals surface area contributed by atoms with Crippen LogP contribution in [0.15, 0.2) is 42.5 Å². The van der Waals surface area contributed by atoms with Crippen molar-refractivity contribution >= 4 is 11.5 Å². The summed E-state index contributed by atoms with van der Waals surface area (Å²) in [4.78, 5) is 2.01. The fourth-order valence-corrected chi connectivity index (χ4v) is 1.94. The molecule has 4 heteroatoms. The number of aryl methyl sites for hydroxylation is 1. The highest BCUT2D eigenvalue weighted by atomic mass is 16.5. The molecule has 20 heavy (non-hydrogen) atoms. The molecule has 0 aliphatic rings. The summed E-state index contributed by atoms with van der Waals surface area (Å²) >= 11 is 0. The third-order valence-corrected chi connectivity index (χ3v) is 3.06. The molecule has 0 spiro atoms. The van der Waals surface area contributed by atoms with Crippen LogP contribution in [0.4, 0.5) is 5.69 Å². The van der Waals surface area contributed by atoms with Gasteiger partial charge in [-0.05, 0) is 30.7 Å². The lowest BCUT2D eigenvalue weighted by molar-refractivity contribution is 0.478. The van der Waals surface area contributed by atoms with E-state index < -0.39 is 0 Å². The lowest BCUT2D eigenvalue weighted by Crippen LogP contribution is -2.13. The number of anilines is 1. The highest BCUT2D eigenvalue weighted by molar-refractivity contribution is 5.98. The van der Waals surface area contributed by atoms with Gasteiger partial charge in [0.2, 0.25) is 0 Å². The average Bonchev–Trinajstić information content (AvgIpc) is 2.41. The highest BCUT2D eigenvalue weighted by Gasteiger charge is 2.11. The fourth-order valence-electron chi connectivity index (χ4n) is 1.94. The van der Waals surface area contributed by atoms with Crippen molar-refractivity contribution in [2.45, 2.75) is 6.92 Å². The molecule has 0 heterocycles. The van der Waals surface area contributed by atoms with E-state index in [-0.39, 0.29) is 5.84 Å². The van der Waals surface area contributed by atoms with Crippen LogP contribution in [0.25, 0.3) is 0 Å². The van der Waals surface area contributed by atoms with Crippen LogP contribution in [0.2, 0.25) is 0 Å². The number of nitrogens with zero attached hydrogens (tertiary/aromatic N) is 1. The number of nitrogens with two attached hydrogens (primary N) is 1. The van der Waals surface area contributed by atoms with E-state index in [0.29, 0.717) is 11.3 Å². The van der Waals surface area contributed by atoms with Crippen LogP contribution in [0.3, 0.4) is 0 Å². The largest absolute Gasteiger partial charge is 0.456 e. The van der Waals surface area contributed by atoms with E-state index in [1.165, 1.54) is 0 Å². The van der Waals surface area contributed by atoms with Gasteiger partial charge in [-0.15, -0.1) is 0 Å². The average molecular weight is 269 g/mol. The Morgan fingerprint density at radius 2 is 1.85 bits per heavy atom. The van der Waals surface area contributed by atoms with Crippen LogP contribution in [0.5, 0.6) is 11.5 Å². The Hall–Kier alpha value is -2.49. The van der Waals surface area contributed by atoms with E-state index in [0.717, 1.165) is 17.0 Å². The molecule has 0 bridgehead atoms. The van der Waals surface area contributed by atoms with Crippen molar-refractivity contribution in [3.05, 3.63) is 53.6 Å². The van der Waals surface area contributed by atoms with Crippen LogP contribution >= 0.6 is 0 Å². The van der Waals surface area contributed by atoms with Crippen LogP contribution in [0, 0.1) is 12.3 Å². The number of nitrogens with one attached hydrogen (secondary N) is 1. The molecule has 0 aliphatic carbocycles. The Bertz CT molecular complexity index is 635. The molecule has 0 aromatic heterocycles. The second kappa shape index (κ2) is 5.65. The summed E-state index contributed by atoms with van der Waals surface area (Å²) in [7, 11) is 3.96. The topological polar surface area (TPSA) is 62.3 Å². The zero-order valence-electron chi connectivity index (χ0n) is 12.0. The number of para-hydroxylation sites is 1. The molecule has 2 rings (SSSR count). The molecule has 3 N–H and O–H groups in total. The maximum atomic E-state index is 7.64. The fraction of sp³-hybridized carbons (Fsp3) is 0.188. The zero-order valence-corrected chi connectivity index (χ0v) is 12.0. The smallest absolute Gasteiger partial charge is 0.141 e. The third kappa shape index (κ3) is 2.91. The van der Waals surface area contributed by atoms with Crippen molar-refractivity contribution in [1.82, 2.24) is 0 Å². The molecule has 0 amide bonds. The summed E-state index contributed by atoms with van der Waals surface area (Å²) in [6, 6.07) is 13.4. The summed E-state index contributed by atoms with van der Waals surface area (Å²) < 4.78 is 5.94. The minimum atomic E-state index is 0.00691. The number of amidine groups is 1. The van der Waals surface area contributed by atoms with Crippen molar-refractivity contribution in [3.63, 3.8) is 0 Å². The molecule has 0 saturated heterocycles. The summed E-state index contributed by atoms with van der Waals surface area (Å²) in [5.74, 6) is 1.37. The van der Waals surface area contributed by atoms with Gasteiger partial charge in [0.25, 0.3) is 0 Å². The Labute approximate surface area is 119 Å². The van der Waals surface area contributed by atoms with E-state index >= 15 is 0 Å². The second-order valence-corrected chi connectivity index (χ2v) is 4.86. The quantitative estimate of drug-likeness (QED) is 0.662. The molecule has 0 unspecified atom stereocenters. The highest BCUT2D eigenvalue weighted by Crippen LogP contribution is 2.30. The number of nitrogen functional groups attached to an aromatic ring is 1. The van der Waals surface area contributed by atoms with Gasteiger partial charge in [0.05, 0.1) is 5.56 Å². The maximum Gasteiger partial charge on any atom is 0.141 e. The molecular weight excluding hydrogens is 250 g/mol. The predicted molar refractivity (Wildman–Crippen MR) is 83.0 cm³/mol. The lowest BCUT2D eigenvalue weighted by atomic mass is 10.1. The molecule has 0 aliphatic heterocycles. The minimum absolute atomic E-state index is 0.00691. The van der Waals surface area contributed by atoms with Crippen molar-refractivity contribution < 1.29 is 4.74 Å². The van der Waals surface area contributed by atoms with Gasteiger partial charge in [-0.2, -0.15) is 0 Å². The monoisotopic (exact) mass is 269 g/mol. The molecule has 4 nitrogen and oxygen atoms in total. The lowest BCUT2D eigenvalue weighted by Gasteiger charge is -2.16. The zero-order chi connectivity index (χ0) is 14.7. The minimum Gasteiger partial charge on any atom is -0.456 e. The number of rotatable bonds is 4. The first-order valence-electron chi connectivity index (χ1n) is 6.38. The molecule has 2 aromatic rings. The van der Waals surface area contributed by atoms with Gasteiger partial charge in [0.15, 0.2) is 0 Å². The SMILES string of the molecule is Cc1cccc(C(=N)N)c1Oc1cccc(N(C)C)c1. The number of benzene rings is 2. The van der Waals surface area contributed by atoms with E-state index in [1.807, 2.05) is 62.3 Å². The van der Waals surface area contributed by atoms with Crippen LogP contribution in [-0.2, 0) is 0 Å². The molecule has 0 atom stereocenters. The standard InChI is InChI=1S/C16H19N3O/c1-11-6-4-9-14(16(17)18)15(11)20-13-8-5-7-12(10-13)19(2)3/h4-10H,1-3H3,(H3,17,18). The first kappa shape index (κ1) is 13.9. The third-order valence-electron chi connectivity index (χ3n) is 3.06. The molecule has 0 radical (unpaired) electrons. The van der Waals surface area contributed by atoms with Gasteiger partial charge >= 0.3 is 0 Å². The van der Waals surface area contributed by atoms with E-state index in [4.69, 9.17) is 15.9 Å². The molecule has 0 fully saturated rings. The van der Waals surface area contributed by atoms with Crippen molar-refractivity contribution in [2.75, 3.05) is 19.0 Å². The van der Waals surface area contributed by atoms with Crippen LogP contribution in [0.1, 0.15) is 11.1 Å². The summed E-state index contributed by atoms with van der Waals surface area (Å²) in [5.41, 5.74) is 8.23. The number of ether oxygens (including phenoxy) is 1. The first-order chi connectivity index (χ1) is 9.49. The van der Waals surface area contributed by atoms with E-state index in [1.54, 1.807) is 6.07 Å². The Balaban J connectivity index is 2.40. The number of hydrogen-bond donors (Lipinski definition) is 2. The van der Waals surface area contributed by atoms with Gasteiger partial charge in [0, 0.05) is 25.8 Å². The van der Waals surface area contributed by atoms with Gasteiger partial charge in [-0.25, -0.2) is 0 Å². The van der Waals surface area contributed by atoms with Crippen LogP contribution < -0.4 is 15.4 Å². The Kier molecular flexibility index (Phi) is 3.94. The molecule has 0 saturated carbocycles. The second-order valence-electron chi connectivity index (χ2n) is 4.86. The number of hydrogen-bond acceptors (Lipinski definition) is 3. The maximum absolute atomic E-state index is 7.64. The van der Waals surface area contributed by atoms with Crippen molar-refractivity contribution in [1.29, 1.82) is 5.41 Å². The van der Waals surface area contributed by atoms with Gasteiger partial charge < -0.3 is 15.4 Å². The first-order valence-corrected chi connectivity index (χ1v) is 6.38. The van der Waals surface area contributed by atoms with Crippen molar-refractivity contribution in [2.24, 2.45) is 5.73 Å². The van der Waals surface area contributed by atoms with E-state index in [2.05, 4.69) is 0 Å². The summed E-state index contributed by atoms with van der Waals surface area (Å²) in [6.07, 6.45) is 0. The van der Waals surface area contributed by atoms with E-state index in [9.17, 15) is 0 Å². The normalized spacial score (nSPS) is 10.2. The van der Waals surface area contributed by atoms with Crippen LogP contribution in [-0.4, -0.2) is 19.9 Å². The molecular formula is C16H19N3O. The van der Waals surface area contributed by atoms with Crippen molar-refractivity contribution in [3.8, 4) is 11.5 Å².